The second-order valence-electron chi connectivity index (χ2n) is 7.21. The number of fused-ring (bicyclic) bond motifs is 1. The fourth-order valence-corrected chi connectivity index (χ4v) is 4.01. The maximum atomic E-state index is 6.12. The minimum atomic E-state index is 0.430. The summed E-state index contributed by atoms with van der Waals surface area (Å²) in [7, 11) is 0. The van der Waals surface area contributed by atoms with Crippen molar-refractivity contribution < 1.29 is 4.74 Å². The van der Waals surface area contributed by atoms with Gasteiger partial charge in [0.05, 0.1) is 12.7 Å². The van der Waals surface area contributed by atoms with Crippen LogP contribution in [0.4, 0.5) is 5.69 Å². The molecule has 0 amide bonds. The maximum absolute atomic E-state index is 6.12. The Hall–Kier alpha value is -1.84. The van der Waals surface area contributed by atoms with E-state index in [0.29, 0.717) is 6.10 Å². The van der Waals surface area contributed by atoms with Gasteiger partial charge in [-0.25, -0.2) is 0 Å². The number of benzene rings is 2. The minimum absolute atomic E-state index is 0.430. The molecule has 132 valence electrons. The van der Waals surface area contributed by atoms with Crippen LogP contribution in [0.25, 0.3) is 0 Å². The van der Waals surface area contributed by atoms with E-state index in [0.717, 1.165) is 52.0 Å². The van der Waals surface area contributed by atoms with Gasteiger partial charge in [0.2, 0.25) is 0 Å². The molecule has 0 aliphatic carbocycles. The predicted molar refractivity (Wildman–Crippen MR) is 103 cm³/mol. The third kappa shape index (κ3) is 4.23. The molecule has 25 heavy (non-hydrogen) atoms. The SMILES string of the molecule is c1ccc(CCOC2CCN(Cc3cccc4c3NCC4)CC2)cc1. The zero-order valence-corrected chi connectivity index (χ0v) is 14.9. The van der Waals surface area contributed by atoms with Gasteiger partial charge in [0.15, 0.2) is 0 Å². The van der Waals surface area contributed by atoms with E-state index in [4.69, 9.17) is 4.74 Å². The van der Waals surface area contributed by atoms with Crippen LogP contribution in [-0.4, -0.2) is 37.2 Å². The van der Waals surface area contributed by atoms with E-state index in [9.17, 15) is 0 Å². The molecule has 2 aliphatic heterocycles. The Bertz CT molecular complexity index is 678. The molecule has 3 heteroatoms. The highest BCUT2D eigenvalue weighted by Gasteiger charge is 2.21. The molecule has 2 aromatic rings. The van der Waals surface area contributed by atoms with Crippen molar-refractivity contribution in [3.05, 3.63) is 65.2 Å². The van der Waals surface area contributed by atoms with Gasteiger partial charge in [-0.3, -0.25) is 4.90 Å². The van der Waals surface area contributed by atoms with Gasteiger partial charge in [-0.2, -0.15) is 0 Å². The molecule has 2 heterocycles. The summed E-state index contributed by atoms with van der Waals surface area (Å²) in [6.45, 7) is 5.26. The first-order valence-electron chi connectivity index (χ1n) is 9.61. The highest BCUT2D eigenvalue weighted by atomic mass is 16.5. The molecule has 0 saturated carbocycles. The maximum Gasteiger partial charge on any atom is 0.0599 e. The van der Waals surface area contributed by atoms with E-state index < -0.39 is 0 Å². The van der Waals surface area contributed by atoms with E-state index >= 15 is 0 Å². The Morgan fingerprint density at radius 3 is 2.68 bits per heavy atom. The average Bonchev–Trinajstić information content (AvgIpc) is 3.14. The summed E-state index contributed by atoms with van der Waals surface area (Å²) in [5.74, 6) is 0. The first-order chi connectivity index (χ1) is 12.4. The van der Waals surface area contributed by atoms with Crippen LogP contribution in [-0.2, 0) is 24.1 Å². The minimum Gasteiger partial charge on any atom is -0.384 e. The summed E-state index contributed by atoms with van der Waals surface area (Å²) in [5.41, 5.74) is 5.70. The largest absolute Gasteiger partial charge is 0.384 e. The fraction of sp³-hybridized carbons (Fsp3) is 0.455. The van der Waals surface area contributed by atoms with Gasteiger partial charge in [-0.05, 0) is 42.4 Å². The van der Waals surface area contributed by atoms with Crippen molar-refractivity contribution in [1.29, 1.82) is 0 Å². The number of anilines is 1. The van der Waals surface area contributed by atoms with E-state index in [-0.39, 0.29) is 0 Å². The fourth-order valence-electron chi connectivity index (χ4n) is 4.01. The van der Waals surface area contributed by atoms with Crippen LogP contribution in [0, 0.1) is 0 Å². The second-order valence-corrected chi connectivity index (χ2v) is 7.21. The van der Waals surface area contributed by atoms with E-state index in [1.165, 1.54) is 28.8 Å². The third-order valence-electron chi connectivity index (χ3n) is 5.45. The zero-order valence-electron chi connectivity index (χ0n) is 14.9. The molecule has 0 spiro atoms. The summed E-state index contributed by atoms with van der Waals surface area (Å²) < 4.78 is 6.12. The number of hydrogen-bond donors (Lipinski definition) is 1. The number of rotatable bonds is 6. The van der Waals surface area contributed by atoms with Crippen LogP contribution >= 0.6 is 0 Å². The molecule has 1 fully saturated rings. The molecule has 0 aromatic heterocycles. The molecule has 2 aliphatic rings. The monoisotopic (exact) mass is 336 g/mol. The summed E-state index contributed by atoms with van der Waals surface area (Å²) in [4.78, 5) is 2.58. The van der Waals surface area contributed by atoms with Crippen molar-refractivity contribution in [2.75, 3.05) is 31.6 Å². The molecule has 1 N–H and O–H groups in total. The number of para-hydroxylation sites is 1. The lowest BCUT2D eigenvalue weighted by molar-refractivity contribution is 0.00743. The molecule has 3 nitrogen and oxygen atoms in total. The smallest absolute Gasteiger partial charge is 0.0599 e. The quantitative estimate of drug-likeness (QED) is 0.866. The molecular weight excluding hydrogens is 308 g/mol. The van der Waals surface area contributed by atoms with Gasteiger partial charge in [0.1, 0.15) is 0 Å². The van der Waals surface area contributed by atoms with Crippen LogP contribution in [0.3, 0.4) is 0 Å². The van der Waals surface area contributed by atoms with Crippen LogP contribution in [0.2, 0.25) is 0 Å². The Balaban J connectivity index is 1.22. The second kappa shape index (κ2) is 8.03. The van der Waals surface area contributed by atoms with Crippen LogP contribution < -0.4 is 5.32 Å². The Kier molecular flexibility index (Phi) is 5.34. The lowest BCUT2D eigenvalue weighted by atomic mass is 10.0. The summed E-state index contributed by atoms with van der Waals surface area (Å²) in [6, 6.07) is 17.4. The normalized spacial score (nSPS) is 18.1. The van der Waals surface area contributed by atoms with Gasteiger partial charge in [-0.15, -0.1) is 0 Å². The van der Waals surface area contributed by atoms with Gasteiger partial charge in [0.25, 0.3) is 0 Å². The molecule has 4 rings (SSSR count). The van der Waals surface area contributed by atoms with Gasteiger partial charge >= 0.3 is 0 Å². The Morgan fingerprint density at radius 2 is 1.84 bits per heavy atom. The first kappa shape index (κ1) is 16.6. The third-order valence-corrected chi connectivity index (χ3v) is 5.45. The molecule has 2 aromatic carbocycles. The van der Waals surface area contributed by atoms with E-state index in [1.54, 1.807) is 0 Å². The highest BCUT2D eigenvalue weighted by molar-refractivity contribution is 5.61. The molecule has 0 unspecified atom stereocenters. The van der Waals surface area contributed by atoms with Gasteiger partial charge in [0, 0.05) is 31.9 Å². The van der Waals surface area contributed by atoms with Crippen LogP contribution in [0.5, 0.6) is 0 Å². The average molecular weight is 336 g/mol. The lowest BCUT2D eigenvalue weighted by Crippen LogP contribution is -2.36. The van der Waals surface area contributed by atoms with Crippen molar-refractivity contribution in [3.8, 4) is 0 Å². The number of nitrogens with zero attached hydrogens (tertiary/aromatic N) is 1. The number of piperidine rings is 1. The Labute approximate surface area is 151 Å². The molecule has 0 bridgehead atoms. The first-order valence-corrected chi connectivity index (χ1v) is 9.61. The van der Waals surface area contributed by atoms with Crippen LogP contribution in [0.1, 0.15) is 29.5 Å². The summed E-state index contributed by atoms with van der Waals surface area (Å²) >= 11 is 0. The highest BCUT2D eigenvalue weighted by Crippen LogP contribution is 2.28. The number of likely N-dealkylation sites (tertiary alicyclic amines) is 1. The van der Waals surface area contributed by atoms with Crippen molar-refractivity contribution in [1.82, 2.24) is 4.90 Å². The molecule has 0 atom stereocenters. The summed E-state index contributed by atoms with van der Waals surface area (Å²) in [6.07, 6.45) is 4.91. The van der Waals surface area contributed by atoms with Crippen molar-refractivity contribution in [3.63, 3.8) is 0 Å². The standard InChI is InChI=1S/C22H28N2O/c1-2-5-18(6-3-1)12-16-25-21-10-14-24(15-11-21)17-20-8-4-7-19-9-13-23-22(19)20/h1-8,21,23H,9-17H2. The molecule has 1 saturated heterocycles. The number of nitrogens with one attached hydrogen (secondary N) is 1. The summed E-state index contributed by atoms with van der Waals surface area (Å²) in [5, 5.41) is 3.56. The zero-order chi connectivity index (χ0) is 16.9. The lowest BCUT2D eigenvalue weighted by Gasteiger charge is -2.32. The number of ether oxygens (including phenoxy) is 1. The topological polar surface area (TPSA) is 24.5 Å². The predicted octanol–water partition coefficient (Wildman–Crippen LogP) is 3.88. The van der Waals surface area contributed by atoms with Gasteiger partial charge < -0.3 is 10.1 Å². The van der Waals surface area contributed by atoms with Crippen molar-refractivity contribution >= 4 is 5.69 Å². The van der Waals surface area contributed by atoms with Gasteiger partial charge in [-0.1, -0.05) is 48.5 Å². The van der Waals surface area contributed by atoms with E-state index in [1.807, 2.05) is 0 Å². The molecular formula is C22H28N2O. The number of hydrogen-bond acceptors (Lipinski definition) is 3. The Morgan fingerprint density at radius 1 is 1.00 bits per heavy atom. The van der Waals surface area contributed by atoms with Crippen molar-refractivity contribution in [2.45, 2.75) is 38.3 Å². The van der Waals surface area contributed by atoms with Crippen molar-refractivity contribution in [2.24, 2.45) is 0 Å². The molecule has 0 radical (unpaired) electrons. The van der Waals surface area contributed by atoms with Crippen LogP contribution in [0.15, 0.2) is 48.5 Å². The van der Waals surface area contributed by atoms with E-state index in [2.05, 4.69) is 58.7 Å².